The Bertz CT molecular complexity index is 6100. The smallest absolute Gasteiger partial charge is 0.0713 e. The van der Waals surface area contributed by atoms with E-state index in [0.29, 0.717) is 0 Å². The highest BCUT2D eigenvalue weighted by molar-refractivity contribution is 5.91. The van der Waals surface area contributed by atoms with Crippen LogP contribution in [0.5, 0.6) is 0 Å². The summed E-state index contributed by atoms with van der Waals surface area (Å²) >= 11 is 0. The number of hydrogen-bond donors (Lipinski definition) is 0. The van der Waals surface area contributed by atoms with Crippen molar-refractivity contribution in [2.75, 3.05) is 14.7 Å². The number of para-hydroxylation sites is 1. The molecule has 0 spiro atoms. The van der Waals surface area contributed by atoms with E-state index in [1.165, 1.54) is 196 Å². The number of anilines is 9. The third kappa shape index (κ3) is 15.2. The van der Waals surface area contributed by atoms with Gasteiger partial charge in [-0.05, 0) is 261 Å². The molecule has 0 saturated carbocycles. The molecule has 3 heteroatoms. The minimum Gasteiger partial charge on any atom is -0.311 e. The van der Waals surface area contributed by atoms with Crippen LogP contribution in [-0.2, 0) is 32.5 Å². The van der Waals surface area contributed by atoms with Crippen LogP contribution in [0.4, 0.5) is 51.2 Å². The SMILES string of the molecule is CCCCCCCCC1(CCCCCCCC)c2ccccc2-c2ccc(-c3ccc(N(c4ccc(C(C)(C)C)cc4)c4ccc(C5(c6ccc(N(c7ccc(C(C)(C)C)cc7)c7ccc(C8(c9ccc(N(c%10ccccc%10)c%10ccc(C(C)(C)C)cc%10)cc9)c9ccccc9-c9ccccc98)cc7)cc6)c6ccccc6-c6ccccc65)cc4)cc3)cc21. The number of hydrogen-bond acceptors (Lipinski definition) is 3. The number of fused-ring (bicyclic) bond motifs is 9. The number of unbranched alkanes of at least 4 members (excludes halogenated alkanes) is 10. The van der Waals surface area contributed by atoms with Gasteiger partial charge in [0.2, 0.25) is 0 Å². The zero-order valence-electron chi connectivity index (χ0n) is 74.9. The zero-order chi connectivity index (χ0) is 85.4. The second kappa shape index (κ2) is 34.4. The van der Waals surface area contributed by atoms with Gasteiger partial charge in [-0.25, -0.2) is 0 Å². The highest BCUT2D eigenvalue weighted by atomic mass is 15.2. The Labute approximate surface area is 740 Å². The van der Waals surface area contributed by atoms with Gasteiger partial charge < -0.3 is 14.7 Å². The molecule has 0 atom stereocenters. The molecule has 0 heterocycles. The van der Waals surface area contributed by atoms with Crippen LogP contribution in [0.25, 0.3) is 44.5 Å². The van der Waals surface area contributed by atoms with Crippen molar-refractivity contribution in [1.82, 2.24) is 0 Å². The van der Waals surface area contributed by atoms with E-state index in [2.05, 4.69) is 455 Å². The second-order valence-electron chi connectivity index (χ2n) is 38.6. The first-order valence-electron chi connectivity index (χ1n) is 46.2. The van der Waals surface area contributed by atoms with E-state index in [0.717, 1.165) is 51.2 Å². The summed E-state index contributed by atoms with van der Waals surface area (Å²) in [5, 5.41) is 0. The van der Waals surface area contributed by atoms with Crippen molar-refractivity contribution in [1.29, 1.82) is 0 Å². The van der Waals surface area contributed by atoms with Gasteiger partial charge in [0, 0.05) is 56.6 Å². The largest absolute Gasteiger partial charge is 0.311 e. The summed E-state index contributed by atoms with van der Waals surface area (Å²) in [4.78, 5) is 7.31. The van der Waals surface area contributed by atoms with E-state index in [-0.39, 0.29) is 21.7 Å². The number of rotatable bonds is 28. The summed E-state index contributed by atoms with van der Waals surface area (Å²) < 4.78 is 0. The van der Waals surface area contributed by atoms with E-state index in [1.54, 1.807) is 11.1 Å². The van der Waals surface area contributed by atoms with Crippen LogP contribution >= 0.6 is 0 Å². The summed E-state index contributed by atoms with van der Waals surface area (Å²) in [6, 6.07) is 140. The molecule has 0 aromatic heterocycles. The molecule has 3 nitrogen and oxygen atoms in total. The molecule has 0 radical (unpaired) electrons. The van der Waals surface area contributed by atoms with Crippen molar-refractivity contribution in [3.8, 4) is 44.5 Å². The maximum absolute atomic E-state index is 2.61. The van der Waals surface area contributed by atoms with E-state index in [1.807, 2.05) is 0 Å². The fraction of sp³-hybridized carbons (Fsp3) is 0.256. The molecule has 0 saturated heterocycles. The van der Waals surface area contributed by atoms with Gasteiger partial charge in [-0.1, -0.05) is 402 Å². The van der Waals surface area contributed by atoms with Crippen LogP contribution in [-0.4, -0.2) is 0 Å². The van der Waals surface area contributed by atoms with E-state index >= 15 is 0 Å². The quantitative estimate of drug-likeness (QED) is 0.0453. The van der Waals surface area contributed by atoms with E-state index < -0.39 is 10.8 Å². The van der Waals surface area contributed by atoms with Gasteiger partial charge in [0.1, 0.15) is 0 Å². The first-order chi connectivity index (χ1) is 60.3. The average molecular weight is 1620 g/mol. The molecule has 0 bridgehead atoms. The van der Waals surface area contributed by atoms with Crippen LogP contribution in [0.15, 0.2) is 364 Å². The van der Waals surface area contributed by atoms with Crippen molar-refractivity contribution in [3.63, 3.8) is 0 Å². The molecule has 124 heavy (non-hydrogen) atoms. The molecular formula is C121H121N3. The first-order valence-corrected chi connectivity index (χ1v) is 46.2. The van der Waals surface area contributed by atoms with E-state index in [4.69, 9.17) is 0 Å². The molecule has 620 valence electrons. The Morgan fingerprint density at radius 1 is 0.202 bits per heavy atom. The van der Waals surface area contributed by atoms with Gasteiger partial charge >= 0.3 is 0 Å². The molecule has 3 aliphatic carbocycles. The normalized spacial score (nSPS) is 13.8. The Hall–Kier alpha value is -12.3. The topological polar surface area (TPSA) is 9.72 Å². The molecule has 15 aromatic carbocycles. The van der Waals surface area contributed by atoms with Crippen molar-refractivity contribution < 1.29 is 0 Å². The fourth-order valence-corrected chi connectivity index (χ4v) is 21.3. The highest BCUT2D eigenvalue weighted by Gasteiger charge is 2.49. The lowest BCUT2D eigenvalue weighted by Gasteiger charge is -2.36. The van der Waals surface area contributed by atoms with Crippen LogP contribution in [0.1, 0.15) is 238 Å². The van der Waals surface area contributed by atoms with Crippen LogP contribution in [0, 0.1) is 0 Å². The van der Waals surface area contributed by atoms with Crippen LogP contribution < -0.4 is 14.7 Å². The van der Waals surface area contributed by atoms with E-state index in [9.17, 15) is 0 Å². The molecule has 0 amide bonds. The number of benzene rings is 15. The fourth-order valence-electron chi connectivity index (χ4n) is 21.3. The van der Waals surface area contributed by atoms with Gasteiger partial charge in [-0.3, -0.25) is 0 Å². The minimum atomic E-state index is -0.665. The summed E-state index contributed by atoms with van der Waals surface area (Å²) in [5.41, 5.74) is 36.1. The van der Waals surface area contributed by atoms with Crippen molar-refractivity contribution in [3.05, 3.63) is 436 Å². The van der Waals surface area contributed by atoms with Crippen molar-refractivity contribution in [2.24, 2.45) is 0 Å². The lowest BCUT2D eigenvalue weighted by Crippen LogP contribution is -2.29. The lowest BCUT2D eigenvalue weighted by atomic mass is 9.67. The summed E-state index contributed by atoms with van der Waals surface area (Å²) in [6.45, 7) is 25.3. The molecule has 0 N–H and O–H groups in total. The second-order valence-corrected chi connectivity index (χ2v) is 38.6. The first kappa shape index (κ1) is 82.6. The van der Waals surface area contributed by atoms with Gasteiger partial charge in [-0.15, -0.1) is 0 Å². The molecular weight excluding hydrogens is 1500 g/mol. The maximum atomic E-state index is 2.61. The molecule has 15 aromatic rings. The van der Waals surface area contributed by atoms with Crippen LogP contribution in [0.2, 0.25) is 0 Å². The molecule has 18 rings (SSSR count). The molecule has 0 unspecified atom stereocenters. The third-order valence-electron chi connectivity index (χ3n) is 27.8. The Balaban J connectivity index is 0.716. The zero-order valence-corrected chi connectivity index (χ0v) is 74.9. The van der Waals surface area contributed by atoms with Gasteiger partial charge in [0.25, 0.3) is 0 Å². The monoisotopic (exact) mass is 1620 g/mol. The Morgan fingerprint density at radius 3 is 0.742 bits per heavy atom. The average Bonchev–Trinajstić information content (AvgIpc) is 1.54. The summed E-state index contributed by atoms with van der Waals surface area (Å²) in [5.74, 6) is 0. The summed E-state index contributed by atoms with van der Waals surface area (Å²) in [6.07, 6.45) is 18.1. The summed E-state index contributed by atoms with van der Waals surface area (Å²) in [7, 11) is 0. The Kier molecular flexibility index (Phi) is 22.9. The van der Waals surface area contributed by atoms with Crippen molar-refractivity contribution >= 4 is 51.2 Å². The predicted molar refractivity (Wildman–Crippen MR) is 529 cm³/mol. The molecule has 0 fully saturated rings. The van der Waals surface area contributed by atoms with Gasteiger partial charge in [0.05, 0.1) is 10.8 Å². The standard InChI is InChI=1S/C121H121N3/c1-12-14-16-18-20-35-83-119(84-36-21-19-17-15-13-2)110-44-30-25-39-104(110)109-82-51-87(85-115(109)119)86-49-66-96(67-50-86)123(98-70-54-89(55-71-98)117(6,7)8)101-76-60-92(61-77-101)121(113-47-33-28-42-107(113)108-43-29-34-48-114(108)121)94-64-80-103(81-65-94)124(99-72-56-90(57-73-99)118(9,10)11)102-78-62-93(63-79-102)120(111-45-31-26-40-105(111)106-41-27-32-46-112(106)120)91-58-74-100(75-59-91)122(95-37-23-22-24-38-95)97-68-52-88(53-69-97)116(3,4)5/h22-34,37-82,85H,12-21,35-36,83-84H2,1-11H3. The van der Waals surface area contributed by atoms with Crippen LogP contribution in [0.3, 0.4) is 0 Å². The number of nitrogens with zero attached hydrogens (tertiary/aromatic N) is 3. The lowest BCUT2D eigenvalue weighted by molar-refractivity contribution is 0.398. The molecule has 3 aliphatic rings. The van der Waals surface area contributed by atoms with Gasteiger partial charge in [0.15, 0.2) is 0 Å². The minimum absolute atomic E-state index is 0.00260. The third-order valence-corrected chi connectivity index (χ3v) is 27.8. The molecule has 0 aliphatic heterocycles. The van der Waals surface area contributed by atoms with Crippen molar-refractivity contribution in [2.45, 2.75) is 199 Å². The Morgan fingerprint density at radius 2 is 0.435 bits per heavy atom. The highest BCUT2D eigenvalue weighted by Crippen LogP contribution is 2.61. The predicted octanol–water partition coefficient (Wildman–Crippen LogP) is 34.1. The maximum Gasteiger partial charge on any atom is 0.0713 e. The van der Waals surface area contributed by atoms with Gasteiger partial charge in [-0.2, -0.15) is 0 Å².